The van der Waals surface area contributed by atoms with E-state index in [2.05, 4.69) is 41.0 Å². The summed E-state index contributed by atoms with van der Waals surface area (Å²) >= 11 is 9.32. The zero-order valence-electron chi connectivity index (χ0n) is 10.5. The van der Waals surface area contributed by atoms with Gasteiger partial charge in [0.2, 0.25) is 5.28 Å². The topological polar surface area (TPSA) is 78.6 Å². The summed E-state index contributed by atoms with van der Waals surface area (Å²) < 4.78 is 7.87. The van der Waals surface area contributed by atoms with Gasteiger partial charge < -0.3 is 4.74 Å². The van der Waals surface area contributed by atoms with Crippen molar-refractivity contribution in [1.29, 1.82) is 0 Å². The van der Waals surface area contributed by atoms with Gasteiger partial charge in [0.05, 0.1) is 0 Å². The van der Waals surface area contributed by atoms with Crippen LogP contribution in [0.15, 0.2) is 41.4 Å². The van der Waals surface area contributed by atoms with Crippen LogP contribution in [0.25, 0.3) is 5.95 Å². The van der Waals surface area contributed by atoms with Gasteiger partial charge in [0.1, 0.15) is 19.3 Å². The highest BCUT2D eigenvalue weighted by Crippen LogP contribution is 2.18. The molecule has 0 spiro atoms. The van der Waals surface area contributed by atoms with E-state index in [1.165, 1.54) is 17.3 Å². The summed E-state index contributed by atoms with van der Waals surface area (Å²) in [7, 11) is 0. The van der Waals surface area contributed by atoms with Gasteiger partial charge in [-0.05, 0) is 17.7 Å². The summed E-state index contributed by atoms with van der Waals surface area (Å²) in [6, 6.07) is 7.84. The molecule has 2 heterocycles. The van der Waals surface area contributed by atoms with Crippen molar-refractivity contribution in [3.63, 3.8) is 0 Å². The van der Waals surface area contributed by atoms with Crippen LogP contribution in [0.1, 0.15) is 5.56 Å². The lowest BCUT2D eigenvalue weighted by molar-refractivity contribution is 0.278. The summed E-state index contributed by atoms with van der Waals surface area (Å²) in [5.74, 6) is 0.245. The minimum Gasteiger partial charge on any atom is -0.458 e. The van der Waals surface area contributed by atoms with Crippen LogP contribution in [0.2, 0.25) is 5.28 Å². The Morgan fingerprint density at radius 1 is 1.19 bits per heavy atom. The number of nitrogens with zero attached hydrogens (tertiary/aromatic N) is 6. The molecular formula is C12H8BrClN6O. The maximum absolute atomic E-state index is 5.87. The first-order chi connectivity index (χ1) is 10.2. The SMILES string of the molecule is Clc1nc(OCc2ccccc2Br)nc(-n2cncn2)n1. The Bertz CT molecular complexity index is 751. The second-order valence-corrected chi connectivity index (χ2v) is 5.10. The average molecular weight is 368 g/mol. The molecule has 3 aromatic rings. The first kappa shape index (κ1) is 13.9. The molecule has 0 saturated carbocycles. The summed E-state index contributed by atoms with van der Waals surface area (Å²) in [4.78, 5) is 15.9. The largest absolute Gasteiger partial charge is 0.458 e. The fourth-order valence-corrected chi connectivity index (χ4v) is 2.11. The van der Waals surface area contributed by atoms with E-state index in [0.717, 1.165) is 10.0 Å². The normalized spacial score (nSPS) is 10.6. The Morgan fingerprint density at radius 3 is 2.81 bits per heavy atom. The monoisotopic (exact) mass is 366 g/mol. The van der Waals surface area contributed by atoms with E-state index in [1.807, 2.05) is 24.3 Å². The molecule has 0 bridgehead atoms. The summed E-state index contributed by atoms with van der Waals surface area (Å²) in [6.45, 7) is 0.304. The second-order valence-electron chi connectivity index (χ2n) is 3.91. The van der Waals surface area contributed by atoms with Crippen LogP contribution >= 0.6 is 27.5 Å². The van der Waals surface area contributed by atoms with Gasteiger partial charge >= 0.3 is 6.01 Å². The molecule has 7 nitrogen and oxygen atoms in total. The van der Waals surface area contributed by atoms with Gasteiger partial charge in [0.25, 0.3) is 5.95 Å². The minimum absolute atomic E-state index is 0.0256. The Labute approximate surface area is 133 Å². The van der Waals surface area contributed by atoms with Crippen LogP contribution < -0.4 is 4.74 Å². The quantitative estimate of drug-likeness (QED) is 0.705. The van der Waals surface area contributed by atoms with Crippen LogP contribution in [0.3, 0.4) is 0 Å². The molecule has 0 atom stereocenters. The van der Waals surface area contributed by atoms with Crippen LogP contribution in [-0.4, -0.2) is 29.7 Å². The zero-order chi connectivity index (χ0) is 14.7. The van der Waals surface area contributed by atoms with Crippen molar-refractivity contribution in [2.24, 2.45) is 0 Å². The van der Waals surface area contributed by atoms with Gasteiger partial charge in [0, 0.05) is 10.0 Å². The predicted molar refractivity (Wildman–Crippen MR) is 78.2 cm³/mol. The molecule has 0 aliphatic heterocycles. The van der Waals surface area contributed by atoms with Gasteiger partial charge in [0.15, 0.2) is 0 Å². The molecular weight excluding hydrogens is 360 g/mol. The number of ether oxygens (including phenoxy) is 1. The van der Waals surface area contributed by atoms with E-state index < -0.39 is 0 Å². The average Bonchev–Trinajstić information content (AvgIpc) is 3.00. The third kappa shape index (κ3) is 3.34. The first-order valence-electron chi connectivity index (χ1n) is 5.85. The lowest BCUT2D eigenvalue weighted by Crippen LogP contribution is -2.07. The van der Waals surface area contributed by atoms with E-state index in [-0.39, 0.29) is 17.2 Å². The van der Waals surface area contributed by atoms with Crippen LogP contribution in [-0.2, 0) is 6.61 Å². The number of halogens is 2. The van der Waals surface area contributed by atoms with E-state index in [1.54, 1.807) is 0 Å². The standard InChI is InChI=1S/C12H8BrClN6O/c13-9-4-2-1-3-8(9)5-21-12-18-10(14)17-11(19-12)20-7-15-6-16-20/h1-4,6-7H,5H2. The maximum Gasteiger partial charge on any atom is 0.322 e. The van der Waals surface area contributed by atoms with Crippen molar-refractivity contribution in [2.75, 3.05) is 0 Å². The molecule has 9 heteroatoms. The van der Waals surface area contributed by atoms with E-state index in [9.17, 15) is 0 Å². The highest BCUT2D eigenvalue weighted by atomic mass is 79.9. The Hall–Kier alpha value is -2.06. The lowest BCUT2D eigenvalue weighted by atomic mass is 10.2. The van der Waals surface area contributed by atoms with Crippen molar-refractivity contribution in [1.82, 2.24) is 29.7 Å². The molecule has 1 aromatic carbocycles. The van der Waals surface area contributed by atoms with Gasteiger partial charge in [-0.25, -0.2) is 4.98 Å². The molecule has 0 amide bonds. The van der Waals surface area contributed by atoms with Gasteiger partial charge in [-0.1, -0.05) is 34.1 Å². The molecule has 0 aliphatic carbocycles. The van der Waals surface area contributed by atoms with Crippen molar-refractivity contribution in [2.45, 2.75) is 6.61 Å². The highest BCUT2D eigenvalue weighted by molar-refractivity contribution is 9.10. The van der Waals surface area contributed by atoms with Crippen LogP contribution in [0.5, 0.6) is 6.01 Å². The molecule has 0 saturated heterocycles. The fraction of sp³-hybridized carbons (Fsp3) is 0.0833. The van der Waals surface area contributed by atoms with Crippen LogP contribution in [0.4, 0.5) is 0 Å². The Kier molecular flexibility index (Phi) is 4.07. The van der Waals surface area contributed by atoms with Crippen LogP contribution in [0, 0.1) is 0 Å². The van der Waals surface area contributed by atoms with Gasteiger partial charge in [-0.2, -0.15) is 24.7 Å². The van der Waals surface area contributed by atoms with E-state index in [4.69, 9.17) is 16.3 Å². The molecule has 0 N–H and O–H groups in total. The third-order valence-corrected chi connectivity index (χ3v) is 3.46. The molecule has 0 unspecified atom stereocenters. The minimum atomic E-state index is 0.0256. The molecule has 3 rings (SSSR count). The lowest BCUT2D eigenvalue weighted by Gasteiger charge is -2.07. The highest BCUT2D eigenvalue weighted by Gasteiger charge is 2.09. The van der Waals surface area contributed by atoms with E-state index >= 15 is 0 Å². The Balaban J connectivity index is 1.81. The van der Waals surface area contributed by atoms with Crippen molar-refractivity contribution >= 4 is 27.5 Å². The van der Waals surface area contributed by atoms with E-state index in [0.29, 0.717) is 6.61 Å². The molecule has 0 radical (unpaired) electrons. The number of benzene rings is 1. The van der Waals surface area contributed by atoms with Gasteiger partial charge in [-0.15, -0.1) is 0 Å². The molecule has 0 aliphatic rings. The maximum atomic E-state index is 5.87. The zero-order valence-corrected chi connectivity index (χ0v) is 12.9. The van der Waals surface area contributed by atoms with Crippen molar-refractivity contribution < 1.29 is 4.74 Å². The second kappa shape index (κ2) is 6.15. The predicted octanol–water partition coefficient (Wildman–Crippen LogP) is 2.45. The summed E-state index contributed by atoms with van der Waals surface area (Å²) in [6.07, 6.45) is 2.84. The molecule has 0 fully saturated rings. The summed E-state index contributed by atoms with van der Waals surface area (Å²) in [5.41, 5.74) is 0.969. The Morgan fingerprint density at radius 2 is 2.05 bits per heavy atom. The van der Waals surface area contributed by atoms with Gasteiger partial charge in [-0.3, -0.25) is 0 Å². The number of rotatable bonds is 4. The number of aromatic nitrogens is 6. The molecule has 21 heavy (non-hydrogen) atoms. The summed E-state index contributed by atoms with van der Waals surface area (Å²) in [5, 5.41) is 3.96. The number of hydrogen-bond donors (Lipinski definition) is 0. The fourth-order valence-electron chi connectivity index (χ4n) is 1.56. The first-order valence-corrected chi connectivity index (χ1v) is 7.02. The third-order valence-electron chi connectivity index (χ3n) is 2.51. The number of hydrogen-bond acceptors (Lipinski definition) is 6. The smallest absolute Gasteiger partial charge is 0.322 e. The molecule has 2 aromatic heterocycles. The molecule has 106 valence electrons. The van der Waals surface area contributed by atoms with Crippen molar-refractivity contribution in [3.05, 3.63) is 52.2 Å². The van der Waals surface area contributed by atoms with Crippen molar-refractivity contribution in [3.8, 4) is 12.0 Å².